The van der Waals surface area contributed by atoms with E-state index < -0.39 is 24.3 Å². The minimum atomic E-state index is -0.750. The van der Waals surface area contributed by atoms with Crippen LogP contribution in [0.2, 0.25) is 0 Å². The van der Waals surface area contributed by atoms with Crippen LogP contribution in [0.15, 0.2) is 60.8 Å². The second kappa shape index (κ2) is 16.5. The quantitative estimate of drug-likeness (QED) is 0.126. The molecule has 2 fully saturated rings. The predicted octanol–water partition coefficient (Wildman–Crippen LogP) is 5.61. The van der Waals surface area contributed by atoms with Crippen LogP contribution in [0.3, 0.4) is 0 Å². The van der Waals surface area contributed by atoms with Crippen molar-refractivity contribution in [3.05, 3.63) is 83.6 Å². The molecule has 4 N–H and O–H groups in total. The average molecular weight is 749 g/mol. The van der Waals surface area contributed by atoms with Crippen molar-refractivity contribution in [1.82, 2.24) is 40.4 Å². The standard InChI is InChI=1S/C41H48N8O6/c1-23(2)34(46-40(52)54-6)38(50)48-18-8-9-32(48)36-42-21-31(45-36)28-15-12-26(13-16-28)10-11-27-14-17-29-30(20-27)44-37(43-29)33-19-25(5)22-49(33)39(51)35(24(3)4)47-41(53)55-7/h12-17,20-21,23-24,32-35H,5,8-9,18-19,22H2,1-4,6-7H3,(H,42,45)(H,43,44)(H,46,52)(H,47,53)/t32-,33-,34-,35-/m0/s1. The SMILES string of the molecule is C=C1C[C@@H](c2nc3cc(C#Cc4ccc(-c5c[nH]c([C@@H]6CCCN6C(=O)[C@@H](NC(=O)OC)C(C)C)n5)cc4)ccc3[nH]2)N(C(=O)[C@@H](NC(=O)OC)C(C)C)C1. The van der Waals surface area contributed by atoms with Gasteiger partial charge in [-0.3, -0.25) is 9.59 Å². The van der Waals surface area contributed by atoms with E-state index in [1.165, 1.54) is 14.2 Å². The first kappa shape index (κ1) is 38.6. The van der Waals surface area contributed by atoms with E-state index in [2.05, 4.69) is 39.0 Å². The molecule has 0 saturated carbocycles. The molecule has 55 heavy (non-hydrogen) atoms. The number of nitrogens with zero attached hydrogens (tertiary/aromatic N) is 4. The summed E-state index contributed by atoms with van der Waals surface area (Å²) >= 11 is 0. The Morgan fingerprint density at radius 3 is 2.09 bits per heavy atom. The lowest BCUT2D eigenvalue weighted by molar-refractivity contribution is -0.136. The molecule has 4 heterocycles. The van der Waals surface area contributed by atoms with Crippen molar-refractivity contribution in [3.63, 3.8) is 0 Å². The van der Waals surface area contributed by atoms with Crippen molar-refractivity contribution in [2.45, 2.75) is 71.1 Å². The molecule has 0 spiro atoms. The first-order chi connectivity index (χ1) is 26.4. The lowest BCUT2D eigenvalue weighted by Crippen LogP contribution is -2.51. The maximum absolute atomic E-state index is 13.6. The van der Waals surface area contributed by atoms with Gasteiger partial charge in [-0.1, -0.05) is 63.8 Å². The van der Waals surface area contributed by atoms with Crippen molar-refractivity contribution < 1.29 is 28.7 Å². The molecule has 4 amide bonds. The average Bonchev–Trinajstić information content (AvgIpc) is 4.00. The number of amides is 4. The zero-order valence-electron chi connectivity index (χ0n) is 32.1. The molecule has 2 saturated heterocycles. The molecule has 0 unspecified atom stereocenters. The number of benzene rings is 2. The van der Waals surface area contributed by atoms with Crippen LogP contribution < -0.4 is 10.6 Å². The summed E-state index contributed by atoms with van der Waals surface area (Å²) in [6.07, 6.45) is 2.72. The van der Waals surface area contributed by atoms with Gasteiger partial charge in [0.15, 0.2) is 0 Å². The third-order valence-corrected chi connectivity index (χ3v) is 10.1. The highest BCUT2D eigenvalue weighted by molar-refractivity contribution is 5.87. The van der Waals surface area contributed by atoms with E-state index in [1.807, 2.05) is 76.4 Å². The Balaban J connectivity index is 1.13. The Bertz CT molecular complexity index is 2140. The zero-order valence-corrected chi connectivity index (χ0v) is 32.1. The molecule has 4 aromatic rings. The van der Waals surface area contributed by atoms with Gasteiger partial charge in [-0.25, -0.2) is 19.6 Å². The van der Waals surface area contributed by atoms with Crippen LogP contribution in [0.1, 0.15) is 81.8 Å². The molecule has 2 aromatic carbocycles. The summed E-state index contributed by atoms with van der Waals surface area (Å²) in [6, 6.07) is 11.6. The fourth-order valence-corrected chi connectivity index (χ4v) is 7.13. The fraction of sp³-hybridized carbons (Fsp3) is 0.415. The topological polar surface area (TPSA) is 175 Å². The Labute approximate surface area is 320 Å². The summed E-state index contributed by atoms with van der Waals surface area (Å²) in [6.45, 7) is 12.6. The van der Waals surface area contributed by atoms with E-state index in [1.54, 1.807) is 9.80 Å². The Morgan fingerprint density at radius 2 is 1.45 bits per heavy atom. The van der Waals surface area contributed by atoms with Crippen molar-refractivity contribution in [1.29, 1.82) is 0 Å². The molecular weight excluding hydrogens is 701 g/mol. The predicted molar refractivity (Wildman–Crippen MR) is 206 cm³/mol. The number of aromatic amines is 2. The number of rotatable bonds is 9. The van der Waals surface area contributed by atoms with Crippen LogP contribution in [0.5, 0.6) is 0 Å². The highest BCUT2D eigenvalue weighted by Gasteiger charge is 2.40. The first-order valence-electron chi connectivity index (χ1n) is 18.5. The Morgan fingerprint density at radius 1 is 0.836 bits per heavy atom. The lowest BCUT2D eigenvalue weighted by Gasteiger charge is -2.29. The van der Waals surface area contributed by atoms with Crippen molar-refractivity contribution >= 4 is 35.0 Å². The molecular formula is C41H48N8O6. The largest absolute Gasteiger partial charge is 0.453 e. The van der Waals surface area contributed by atoms with Crippen LogP contribution >= 0.6 is 0 Å². The summed E-state index contributed by atoms with van der Waals surface area (Å²) in [5, 5.41) is 5.36. The van der Waals surface area contributed by atoms with Gasteiger partial charge in [-0.15, -0.1) is 0 Å². The molecule has 2 aromatic heterocycles. The number of ether oxygens (including phenoxy) is 2. The number of nitrogens with one attached hydrogen (secondary N) is 4. The number of hydrogen-bond acceptors (Lipinski definition) is 8. The summed E-state index contributed by atoms with van der Waals surface area (Å²) in [4.78, 5) is 70.9. The van der Waals surface area contributed by atoms with Gasteiger partial charge in [0.1, 0.15) is 23.7 Å². The molecule has 0 bridgehead atoms. The van der Waals surface area contributed by atoms with Crippen molar-refractivity contribution in [3.8, 4) is 23.1 Å². The second-order valence-electron chi connectivity index (χ2n) is 14.7. The van der Waals surface area contributed by atoms with Crippen molar-refractivity contribution in [2.24, 2.45) is 11.8 Å². The maximum atomic E-state index is 13.6. The van der Waals surface area contributed by atoms with E-state index in [0.29, 0.717) is 31.2 Å². The van der Waals surface area contributed by atoms with Gasteiger partial charge in [0.2, 0.25) is 11.8 Å². The third-order valence-electron chi connectivity index (χ3n) is 10.1. The maximum Gasteiger partial charge on any atom is 0.407 e. The van der Waals surface area contributed by atoms with Gasteiger partial charge in [0.25, 0.3) is 0 Å². The number of carbonyl (C=O) groups is 4. The molecule has 14 nitrogen and oxygen atoms in total. The molecule has 2 aliphatic rings. The van der Waals surface area contributed by atoms with Crippen LogP contribution in [0, 0.1) is 23.7 Å². The Kier molecular flexibility index (Phi) is 11.6. The number of carbonyl (C=O) groups excluding carboxylic acids is 4. The molecule has 288 valence electrons. The molecule has 6 rings (SSSR count). The van der Waals surface area contributed by atoms with E-state index in [4.69, 9.17) is 19.4 Å². The van der Waals surface area contributed by atoms with Gasteiger partial charge in [0.05, 0.1) is 43.0 Å². The van der Waals surface area contributed by atoms with E-state index in [-0.39, 0.29) is 35.7 Å². The van der Waals surface area contributed by atoms with E-state index in [0.717, 1.165) is 51.8 Å². The molecule has 14 heteroatoms. The van der Waals surface area contributed by atoms with Gasteiger partial charge in [-0.2, -0.15) is 0 Å². The summed E-state index contributed by atoms with van der Waals surface area (Å²) in [5.41, 5.74) is 5.73. The monoisotopic (exact) mass is 748 g/mol. The van der Waals surface area contributed by atoms with Gasteiger partial charge >= 0.3 is 12.2 Å². The number of likely N-dealkylation sites (tertiary alicyclic amines) is 2. The van der Waals surface area contributed by atoms with Gasteiger partial charge in [0, 0.05) is 36.0 Å². The van der Waals surface area contributed by atoms with Gasteiger partial charge in [-0.05, 0) is 61.4 Å². The zero-order chi connectivity index (χ0) is 39.4. The normalized spacial score (nSPS) is 17.9. The smallest absolute Gasteiger partial charge is 0.407 e. The first-order valence-corrected chi connectivity index (χ1v) is 18.5. The number of methoxy groups -OCH3 is 2. The molecule has 2 aliphatic heterocycles. The Hall–Kier alpha value is -6.10. The molecule has 0 aliphatic carbocycles. The lowest BCUT2D eigenvalue weighted by atomic mass is 10.0. The number of alkyl carbamates (subject to hydrolysis) is 2. The number of fused-ring (bicyclic) bond motifs is 1. The second-order valence-corrected chi connectivity index (χ2v) is 14.7. The highest BCUT2D eigenvalue weighted by atomic mass is 16.5. The summed E-state index contributed by atoms with van der Waals surface area (Å²) in [5.74, 6) is 7.19. The third kappa shape index (κ3) is 8.51. The van der Waals surface area contributed by atoms with E-state index in [9.17, 15) is 19.2 Å². The molecule has 0 radical (unpaired) electrons. The molecule has 4 atom stereocenters. The van der Waals surface area contributed by atoms with Gasteiger partial charge < -0.3 is 39.9 Å². The number of imidazole rings is 2. The van der Waals surface area contributed by atoms with Crippen LogP contribution in [-0.4, -0.2) is 93.1 Å². The number of hydrogen-bond donors (Lipinski definition) is 4. The highest BCUT2D eigenvalue weighted by Crippen LogP contribution is 2.35. The minimum Gasteiger partial charge on any atom is -0.453 e. The number of aromatic nitrogens is 4. The fourth-order valence-electron chi connectivity index (χ4n) is 7.13. The summed E-state index contributed by atoms with van der Waals surface area (Å²) in [7, 11) is 2.55. The van der Waals surface area contributed by atoms with Crippen molar-refractivity contribution in [2.75, 3.05) is 27.3 Å². The van der Waals surface area contributed by atoms with Crippen LogP contribution in [0.25, 0.3) is 22.3 Å². The number of H-pyrrole nitrogens is 2. The minimum absolute atomic E-state index is 0.113. The summed E-state index contributed by atoms with van der Waals surface area (Å²) < 4.78 is 9.50. The van der Waals surface area contributed by atoms with Crippen LogP contribution in [0.4, 0.5) is 9.59 Å². The van der Waals surface area contributed by atoms with Crippen LogP contribution in [-0.2, 0) is 19.1 Å². The van der Waals surface area contributed by atoms with E-state index >= 15 is 0 Å².